The summed E-state index contributed by atoms with van der Waals surface area (Å²) in [5.74, 6) is 0. The van der Waals surface area contributed by atoms with Crippen molar-refractivity contribution in [2.45, 2.75) is 20.3 Å². The molecule has 0 unspecified atom stereocenters. The number of nitrogens with zero attached hydrogens (tertiary/aromatic N) is 1. The standard InChI is InChI=1S/C17H24N2/c1-3-19(4-2)13-7-12-18-17-11-10-15-8-5-6-9-16(15)14-17/h5-6,8-11,14,18H,3-4,7,12-13H2,1-2H3. The molecule has 1 N–H and O–H groups in total. The fraction of sp³-hybridized carbons (Fsp3) is 0.412. The molecule has 0 amide bonds. The minimum absolute atomic E-state index is 1.04. The molecule has 2 aromatic carbocycles. The third-order valence-corrected chi connectivity index (χ3v) is 3.62. The minimum atomic E-state index is 1.04. The molecule has 0 saturated carbocycles. The largest absolute Gasteiger partial charge is 0.385 e. The van der Waals surface area contributed by atoms with Gasteiger partial charge in [0.1, 0.15) is 0 Å². The Labute approximate surface area is 116 Å². The van der Waals surface area contributed by atoms with E-state index in [0.717, 1.165) is 19.6 Å². The van der Waals surface area contributed by atoms with E-state index in [1.54, 1.807) is 0 Å². The fourth-order valence-electron chi connectivity index (χ4n) is 2.37. The van der Waals surface area contributed by atoms with Crippen LogP contribution in [-0.2, 0) is 0 Å². The van der Waals surface area contributed by atoms with Gasteiger partial charge < -0.3 is 10.2 Å². The van der Waals surface area contributed by atoms with Gasteiger partial charge in [0.05, 0.1) is 0 Å². The van der Waals surface area contributed by atoms with Crippen LogP contribution < -0.4 is 5.32 Å². The van der Waals surface area contributed by atoms with Crippen LogP contribution >= 0.6 is 0 Å². The summed E-state index contributed by atoms with van der Waals surface area (Å²) >= 11 is 0. The van der Waals surface area contributed by atoms with Gasteiger partial charge in [-0.05, 0) is 49.0 Å². The Kier molecular flexibility index (Phi) is 5.22. The lowest BCUT2D eigenvalue weighted by molar-refractivity contribution is 0.303. The summed E-state index contributed by atoms with van der Waals surface area (Å²) in [6.45, 7) is 8.95. The summed E-state index contributed by atoms with van der Waals surface area (Å²) in [7, 11) is 0. The average molecular weight is 256 g/mol. The highest BCUT2D eigenvalue weighted by Gasteiger charge is 1.99. The summed E-state index contributed by atoms with van der Waals surface area (Å²) in [5.41, 5.74) is 1.22. The van der Waals surface area contributed by atoms with E-state index >= 15 is 0 Å². The molecule has 0 aliphatic heterocycles. The van der Waals surface area contributed by atoms with Gasteiger partial charge in [-0.25, -0.2) is 0 Å². The first-order valence-corrected chi connectivity index (χ1v) is 7.28. The Bertz CT molecular complexity index is 503. The highest BCUT2D eigenvalue weighted by molar-refractivity contribution is 5.85. The van der Waals surface area contributed by atoms with Crippen LogP contribution in [0.15, 0.2) is 42.5 Å². The van der Waals surface area contributed by atoms with Crippen molar-refractivity contribution in [3.8, 4) is 0 Å². The first kappa shape index (κ1) is 13.9. The van der Waals surface area contributed by atoms with Gasteiger partial charge in [-0.2, -0.15) is 0 Å². The third-order valence-electron chi connectivity index (χ3n) is 3.62. The maximum Gasteiger partial charge on any atom is 0.0346 e. The maximum absolute atomic E-state index is 3.51. The maximum atomic E-state index is 3.51. The number of rotatable bonds is 7. The number of hydrogen-bond acceptors (Lipinski definition) is 2. The second-order valence-electron chi connectivity index (χ2n) is 4.87. The molecule has 0 aliphatic carbocycles. The zero-order chi connectivity index (χ0) is 13.5. The van der Waals surface area contributed by atoms with Crippen molar-refractivity contribution in [1.29, 1.82) is 0 Å². The lowest BCUT2D eigenvalue weighted by Gasteiger charge is -2.18. The Morgan fingerprint density at radius 1 is 0.947 bits per heavy atom. The second kappa shape index (κ2) is 7.15. The van der Waals surface area contributed by atoms with Gasteiger partial charge in [-0.3, -0.25) is 0 Å². The van der Waals surface area contributed by atoms with Crippen LogP contribution in [0.25, 0.3) is 10.8 Å². The smallest absolute Gasteiger partial charge is 0.0346 e. The van der Waals surface area contributed by atoms with Crippen molar-refractivity contribution in [1.82, 2.24) is 4.90 Å². The molecule has 0 aromatic heterocycles. The average Bonchev–Trinajstić information content (AvgIpc) is 2.47. The van der Waals surface area contributed by atoms with E-state index in [4.69, 9.17) is 0 Å². The normalized spacial score (nSPS) is 11.1. The van der Waals surface area contributed by atoms with E-state index in [-0.39, 0.29) is 0 Å². The van der Waals surface area contributed by atoms with Crippen LogP contribution in [0.3, 0.4) is 0 Å². The van der Waals surface area contributed by atoms with Gasteiger partial charge in [0, 0.05) is 12.2 Å². The lowest BCUT2D eigenvalue weighted by Crippen LogP contribution is -2.25. The van der Waals surface area contributed by atoms with E-state index in [1.165, 1.54) is 29.4 Å². The van der Waals surface area contributed by atoms with Crippen molar-refractivity contribution >= 4 is 16.5 Å². The van der Waals surface area contributed by atoms with Gasteiger partial charge in [0.2, 0.25) is 0 Å². The predicted molar refractivity (Wildman–Crippen MR) is 84.8 cm³/mol. The van der Waals surface area contributed by atoms with Crippen LogP contribution in [0.4, 0.5) is 5.69 Å². The number of nitrogens with one attached hydrogen (secondary N) is 1. The molecule has 0 radical (unpaired) electrons. The highest BCUT2D eigenvalue weighted by Crippen LogP contribution is 2.18. The van der Waals surface area contributed by atoms with Crippen LogP contribution in [0.5, 0.6) is 0 Å². The molecule has 0 fully saturated rings. The molecular formula is C17H24N2. The number of benzene rings is 2. The van der Waals surface area contributed by atoms with Gasteiger partial charge in [-0.15, -0.1) is 0 Å². The van der Waals surface area contributed by atoms with Crippen molar-refractivity contribution in [3.63, 3.8) is 0 Å². The number of anilines is 1. The van der Waals surface area contributed by atoms with Crippen LogP contribution in [-0.4, -0.2) is 31.1 Å². The molecule has 2 nitrogen and oxygen atoms in total. The van der Waals surface area contributed by atoms with Crippen molar-refractivity contribution < 1.29 is 0 Å². The zero-order valence-electron chi connectivity index (χ0n) is 12.0. The molecule has 2 rings (SSSR count). The summed E-state index contributed by atoms with van der Waals surface area (Å²) in [4.78, 5) is 2.46. The molecule has 0 atom stereocenters. The predicted octanol–water partition coefficient (Wildman–Crippen LogP) is 3.98. The molecule has 102 valence electrons. The molecule has 2 aromatic rings. The molecule has 2 heteroatoms. The highest BCUT2D eigenvalue weighted by atomic mass is 15.1. The molecule has 19 heavy (non-hydrogen) atoms. The SMILES string of the molecule is CCN(CC)CCCNc1ccc2ccccc2c1. The number of fused-ring (bicyclic) bond motifs is 1. The van der Waals surface area contributed by atoms with Gasteiger partial charge in [0.25, 0.3) is 0 Å². The van der Waals surface area contributed by atoms with Crippen molar-refractivity contribution in [2.75, 3.05) is 31.5 Å². The second-order valence-corrected chi connectivity index (χ2v) is 4.87. The van der Waals surface area contributed by atoms with Crippen LogP contribution in [0, 0.1) is 0 Å². The molecule has 0 bridgehead atoms. The molecule has 0 saturated heterocycles. The number of hydrogen-bond donors (Lipinski definition) is 1. The lowest BCUT2D eigenvalue weighted by atomic mass is 10.1. The van der Waals surface area contributed by atoms with E-state index < -0.39 is 0 Å². The van der Waals surface area contributed by atoms with Crippen LogP contribution in [0.2, 0.25) is 0 Å². The van der Waals surface area contributed by atoms with E-state index in [9.17, 15) is 0 Å². The Hall–Kier alpha value is -1.54. The Morgan fingerprint density at radius 2 is 1.68 bits per heavy atom. The molecule has 0 spiro atoms. The molecular weight excluding hydrogens is 232 g/mol. The summed E-state index contributed by atoms with van der Waals surface area (Å²) in [5, 5.41) is 6.12. The van der Waals surface area contributed by atoms with Gasteiger partial charge in [-0.1, -0.05) is 44.2 Å². The summed E-state index contributed by atoms with van der Waals surface area (Å²) in [6, 6.07) is 15.1. The molecule has 0 heterocycles. The van der Waals surface area contributed by atoms with E-state index in [1.807, 2.05) is 0 Å². The van der Waals surface area contributed by atoms with Crippen LogP contribution in [0.1, 0.15) is 20.3 Å². The van der Waals surface area contributed by atoms with E-state index in [0.29, 0.717) is 0 Å². The first-order valence-electron chi connectivity index (χ1n) is 7.28. The monoisotopic (exact) mass is 256 g/mol. The first-order chi connectivity index (χ1) is 9.33. The molecule has 0 aliphatic rings. The fourth-order valence-corrected chi connectivity index (χ4v) is 2.37. The topological polar surface area (TPSA) is 15.3 Å². The Morgan fingerprint density at radius 3 is 2.42 bits per heavy atom. The van der Waals surface area contributed by atoms with Gasteiger partial charge in [0.15, 0.2) is 0 Å². The van der Waals surface area contributed by atoms with Crippen molar-refractivity contribution in [3.05, 3.63) is 42.5 Å². The van der Waals surface area contributed by atoms with E-state index in [2.05, 4.69) is 66.5 Å². The van der Waals surface area contributed by atoms with Crippen molar-refractivity contribution in [2.24, 2.45) is 0 Å². The minimum Gasteiger partial charge on any atom is -0.385 e. The summed E-state index contributed by atoms with van der Waals surface area (Å²) < 4.78 is 0. The summed E-state index contributed by atoms with van der Waals surface area (Å²) in [6.07, 6.45) is 1.19. The quantitative estimate of drug-likeness (QED) is 0.754. The Balaban J connectivity index is 1.84. The zero-order valence-corrected chi connectivity index (χ0v) is 12.0. The third kappa shape index (κ3) is 3.97. The van der Waals surface area contributed by atoms with Gasteiger partial charge >= 0.3 is 0 Å².